The summed E-state index contributed by atoms with van der Waals surface area (Å²) in [6.45, 7) is 3.43. The Balaban J connectivity index is 1.64. The van der Waals surface area contributed by atoms with Gasteiger partial charge >= 0.3 is 6.18 Å². The first-order valence-corrected chi connectivity index (χ1v) is 10.3. The van der Waals surface area contributed by atoms with E-state index in [-0.39, 0.29) is 28.5 Å². The van der Waals surface area contributed by atoms with Crippen LogP contribution in [-0.4, -0.2) is 37.1 Å². The largest absolute Gasteiger partial charge is 0.451 e. The van der Waals surface area contributed by atoms with Gasteiger partial charge in [0.05, 0.1) is 40.6 Å². The molecule has 1 aliphatic heterocycles. The van der Waals surface area contributed by atoms with Crippen LogP contribution in [0.2, 0.25) is 0 Å². The van der Waals surface area contributed by atoms with E-state index in [4.69, 9.17) is 9.15 Å². The average molecular weight is 475 g/mol. The Morgan fingerprint density at radius 2 is 1.82 bits per heavy atom. The zero-order valence-electron chi connectivity index (χ0n) is 18.0. The van der Waals surface area contributed by atoms with Crippen molar-refractivity contribution in [3.8, 4) is 11.3 Å². The lowest BCUT2D eigenvalue weighted by molar-refractivity contribution is -0.384. The van der Waals surface area contributed by atoms with Gasteiger partial charge < -0.3 is 19.4 Å². The quantitative estimate of drug-likeness (QED) is 0.399. The van der Waals surface area contributed by atoms with Gasteiger partial charge in [-0.1, -0.05) is 6.07 Å². The van der Waals surface area contributed by atoms with Gasteiger partial charge in [-0.25, -0.2) is 0 Å². The van der Waals surface area contributed by atoms with Gasteiger partial charge in [0.1, 0.15) is 5.76 Å². The predicted molar refractivity (Wildman–Crippen MR) is 118 cm³/mol. The molecule has 0 aliphatic carbocycles. The highest BCUT2D eigenvalue weighted by Crippen LogP contribution is 2.37. The molecule has 1 N–H and O–H groups in total. The maximum atomic E-state index is 13.3. The molecule has 4 rings (SSSR count). The summed E-state index contributed by atoms with van der Waals surface area (Å²) in [7, 11) is 0. The number of furan rings is 1. The van der Waals surface area contributed by atoms with Crippen molar-refractivity contribution in [1.29, 1.82) is 0 Å². The lowest BCUT2D eigenvalue weighted by Gasteiger charge is -2.30. The van der Waals surface area contributed by atoms with Crippen molar-refractivity contribution in [2.45, 2.75) is 13.1 Å². The molecule has 1 fully saturated rings. The van der Waals surface area contributed by atoms with Gasteiger partial charge in [-0.15, -0.1) is 0 Å². The van der Waals surface area contributed by atoms with Crippen molar-refractivity contribution in [3.05, 3.63) is 75.5 Å². The van der Waals surface area contributed by atoms with Gasteiger partial charge in [-0.2, -0.15) is 13.2 Å². The number of nitro benzene ring substituents is 1. The van der Waals surface area contributed by atoms with Gasteiger partial charge in [0, 0.05) is 19.2 Å². The lowest BCUT2D eigenvalue weighted by atomic mass is 10.1. The lowest BCUT2D eigenvalue weighted by Crippen LogP contribution is -2.36. The standard InChI is InChI=1S/C23H20F3N3O5/c1-14-2-4-16(19(12-14)29(31)32)20-6-7-21(34-20)22(30)27-17-13-15(23(24,25)26)3-5-18(17)28-8-10-33-11-9-28/h2-7,12-13H,8-11H2,1H3,(H,27,30). The highest BCUT2D eigenvalue weighted by atomic mass is 19.4. The summed E-state index contributed by atoms with van der Waals surface area (Å²) < 4.78 is 50.8. The number of hydrogen-bond acceptors (Lipinski definition) is 6. The minimum Gasteiger partial charge on any atom is -0.451 e. The second-order valence-corrected chi connectivity index (χ2v) is 7.72. The fourth-order valence-corrected chi connectivity index (χ4v) is 3.68. The van der Waals surface area contributed by atoms with E-state index in [1.807, 2.05) is 4.90 Å². The van der Waals surface area contributed by atoms with Crippen LogP contribution in [0.25, 0.3) is 11.3 Å². The molecule has 178 valence electrons. The minimum atomic E-state index is -4.59. The number of morpholine rings is 1. The number of rotatable bonds is 5. The van der Waals surface area contributed by atoms with Crippen LogP contribution in [0.5, 0.6) is 0 Å². The number of nitrogens with zero attached hydrogens (tertiary/aromatic N) is 2. The number of ether oxygens (including phenoxy) is 1. The van der Waals surface area contributed by atoms with Crippen LogP contribution >= 0.6 is 0 Å². The molecule has 1 amide bonds. The SMILES string of the molecule is Cc1ccc(-c2ccc(C(=O)Nc3cc(C(F)(F)F)ccc3N3CCOCC3)o2)c([N+](=O)[O-])c1. The first kappa shape index (κ1) is 23.3. The Labute approximate surface area is 192 Å². The molecule has 2 heterocycles. The molecular weight excluding hydrogens is 455 g/mol. The van der Waals surface area contributed by atoms with Crippen LogP contribution in [0, 0.1) is 17.0 Å². The van der Waals surface area contributed by atoms with Crippen molar-refractivity contribution >= 4 is 23.0 Å². The molecule has 34 heavy (non-hydrogen) atoms. The Morgan fingerprint density at radius 3 is 2.50 bits per heavy atom. The van der Waals surface area contributed by atoms with Crippen LogP contribution in [0.4, 0.5) is 30.2 Å². The molecule has 1 aromatic heterocycles. The average Bonchev–Trinajstić information content (AvgIpc) is 3.29. The summed E-state index contributed by atoms with van der Waals surface area (Å²) in [5, 5.41) is 13.9. The fourth-order valence-electron chi connectivity index (χ4n) is 3.68. The molecule has 0 radical (unpaired) electrons. The zero-order chi connectivity index (χ0) is 24.5. The van der Waals surface area contributed by atoms with E-state index >= 15 is 0 Å². The molecule has 0 spiro atoms. The molecule has 3 aromatic rings. The van der Waals surface area contributed by atoms with Crippen molar-refractivity contribution in [2.75, 3.05) is 36.5 Å². The summed E-state index contributed by atoms with van der Waals surface area (Å²) in [4.78, 5) is 25.5. The summed E-state index contributed by atoms with van der Waals surface area (Å²) >= 11 is 0. The van der Waals surface area contributed by atoms with Crippen molar-refractivity contribution in [1.82, 2.24) is 0 Å². The maximum Gasteiger partial charge on any atom is 0.416 e. The van der Waals surface area contributed by atoms with Crippen LogP contribution in [0.15, 0.2) is 52.9 Å². The minimum absolute atomic E-state index is 0.0269. The summed E-state index contributed by atoms with van der Waals surface area (Å²) in [6.07, 6.45) is -4.59. The van der Waals surface area contributed by atoms with E-state index in [1.54, 1.807) is 13.0 Å². The van der Waals surface area contributed by atoms with Crippen LogP contribution in [-0.2, 0) is 10.9 Å². The number of nitro groups is 1. The van der Waals surface area contributed by atoms with E-state index in [1.165, 1.54) is 30.3 Å². The molecule has 2 aromatic carbocycles. The Morgan fingerprint density at radius 1 is 1.09 bits per heavy atom. The number of halogens is 3. The third-order valence-corrected chi connectivity index (χ3v) is 5.37. The number of alkyl halides is 3. The molecule has 0 unspecified atom stereocenters. The van der Waals surface area contributed by atoms with Crippen LogP contribution in [0.1, 0.15) is 21.7 Å². The molecule has 0 atom stereocenters. The maximum absolute atomic E-state index is 13.3. The van der Waals surface area contributed by atoms with Crippen molar-refractivity contribution in [2.24, 2.45) is 0 Å². The Kier molecular flexibility index (Phi) is 6.29. The van der Waals surface area contributed by atoms with E-state index < -0.39 is 22.6 Å². The normalized spacial score (nSPS) is 14.2. The van der Waals surface area contributed by atoms with Gasteiger partial charge in [0.2, 0.25) is 0 Å². The molecule has 8 nitrogen and oxygen atoms in total. The van der Waals surface area contributed by atoms with Crippen molar-refractivity contribution in [3.63, 3.8) is 0 Å². The van der Waals surface area contributed by atoms with Crippen LogP contribution in [0.3, 0.4) is 0 Å². The highest BCUT2D eigenvalue weighted by Gasteiger charge is 2.32. The third-order valence-electron chi connectivity index (χ3n) is 5.37. The molecule has 1 aliphatic rings. The van der Waals surface area contributed by atoms with E-state index in [9.17, 15) is 28.1 Å². The van der Waals surface area contributed by atoms with Gasteiger partial charge in [-0.05, 0) is 48.9 Å². The first-order chi connectivity index (χ1) is 16.1. The topological polar surface area (TPSA) is 97.9 Å². The van der Waals surface area contributed by atoms with Gasteiger partial charge in [-0.3, -0.25) is 14.9 Å². The number of nitrogens with one attached hydrogen (secondary N) is 1. The van der Waals surface area contributed by atoms with E-state index in [0.29, 0.717) is 37.6 Å². The molecule has 0 bridgehead atoms. The van der Waals surface area contributed by atoms with Crippen LogP contribution < -0.4 is 10.2 Å². The number of carbonyl (C=O) groups is 1. The van der Waals surface area contributed by atoms with E-state index in [2.05, 4.69) is 5.32 Å². The fraction of sp³-hybridized carbons (Fsp3) is 0.261. The summed E-state index contributed by atoms with van der Waals surface area (Å²) in [5.41, 5.74) is 0.165. The van der Waals surface area contributed by atoms with Gasteiger partial charge in [0.25, 0.3) is 11.6 Å². The summed E-state index contributed by atoms with van der Waals surface area (Å²) in [6, 6.07) is 10.4. The van der Waals surface area contributed by atoms with E-state index in [0.717, 1.165) is 12.1 Å². The Bertz CT molecular complexity index is 1230. The number of anilines is 2. The van der Waals surface area contributed by atoms with Crippen molar-refractivity contribution < 1.29 is 32.0 Å². The third kappa shape index (κ3) is 4.88. The number of carbonyl (C=O) groups excluding carboxylic acids is 1. The smallest absolute Gasteiger partial charge is 0.416 e. The Hall–Kier alpha value is -3.86. The molecule has 11 heteroatoms. The molecule has 0 saturated carbocycles. The molecule has 1 saturated heterocycles. The predicted octanol–water partition coefficient (Wildman–Crippen LogP) is 5.27. The number of amides is 1. The molecular formula is C23H20F3N3O5. The second-order valence-electron chi connectivity index (χ2n) is 7.72. The number of benzene rings is 2. The van der Waals surface area contributed by atoms with Gasteiger partial charge in [0.15, 0.2) is 5.76 Å². The monoisotopic (exact) mass is 475 g/mol. The number of hydrogen-bond donors (Lipinski definition) is 1. The first-order valence-electron chi connectivity index (χ1n) is 10.3. The number of aryl methyl sites for hydroxylation is 1. The highest BCUT2D eigenvalue weighted by molar-refractivity contribution is 6.04. The zero-order valence-corrected chi connectivity index (χ0v) is 18.0. The summed E-state index contributed by atoms with van der Waals surface area (Å²) in [5.74, 6) is -0.889. The second kappa shape index (κ2) is 9.18.